The Kier molecular flexibility index (Phi) is 4.47. The summed E-state index contributed by atoms with van der Waals surface area (Å²) in [4.78, 5) is 12.3. The number of ketones is 1. The molecule has 1 N–H and O–H groups in total. The van der Waals surface area contributed by atoms with Gasteiger partial charge in [0.05, 0.1) is 17.6 Å². The first-order chi connectivity index (χ1) is 9.96. The lowest BCUT2D eigenvalue weighted by Gasteiger charge is -2.06. The molecule has 0 bridgehead atoms. The molecule has 0 fully saturated rings. The van der Waals surface area contributed by atoms with Crippen molar-refractivity contribution < 1.29 is 17.6 Å². The predicted molar refractivity (Wildman–Crippen MR) is 81.0 cm³/mol. The van der Waals surface area contributed by atoms with Crippen LogP contribution in [0.4, 0.5) is 5.69 Å². The van der Waals surface area contributed by atoms with Crippen LogP contribution in [0.3, 0.4) is 0 Å². The summed E-state index contributed by atoms with van der Waals surface area (Å²) in [7, 11) is -3.31. The molecule has 0 saturated heterocycles. The van der Waals surface area contributed by atoms with Gasteiger partial charge in [0.25, 0.3) is 0 Å². The fourth-order valence-electron chi connectivity index (χ4n) is 1.91. The van der Waals surface area contributed by atoms with Crippen LogP contribution < -0.4 is 4.72 Å². The molecule has 6 heteroatoms. The number of anilines is 1. The van der Waals surface area contributed by atoms with Gasteiger partial charge in [-0.1, -0.05) is 6.92 Å². The number of carbonyl (C=O) groups is 1. The van der Waals surface area contributed by atoms with Gasteiger partial charge in [-0.05, 0) is 37.3 Å². The van der Waals surface area contributed by atoms with Gasteiger partial charge in [0.15, 0.2) is 5.78 Å². The number of hydrogen-bond acceptors (Lipinski definition) is 4. The molecule has 21 heavy (non-hydrogen) atoms. The minimum atomic E-state index is -3.31. The van der Waals surface area contributed by atoms with Gasteiger partial charge in [0.2, 0.25) is 10.0 Å². The van der Waals surface area contributed by atoms with Crippen molar-refractivity contribution in [2.75, 3.05) is 10.5 Å². The minimum absolute atomic E-state index is 0.00254. The van der Waals surface area contributed by atoms with Gasteiger partial charge < -0.3 is 4.42 Å². The monoisotopic (exact) mass is 307 g/mol. The molecule has 1 aromatic heterocycles. The van der Waals surface area contributed by atoms with Crippen LogP contribution in [0.15, 0.2) is 41.0 Å². The number of aryl methyl sites for hydroxylation is 1. The lowest BCUT2D eigenvalue weighted by molar-refractivity contribution is 0.103. The summed E-state index contributed by atoms with van der Waals surface area (Å²) in [5, 5.41) is 0. The van der Waals surface area contributed by atoms with Crippen molar-refractivity contribution in [2.45, 2.75) is 20.3 Å². The maximum Gasteiger partial charge on any atom is 0.232 e. The van der Waals surface area contributed by atoms with Crippen molar-refractivity contribution in [1.29, 1.82) is 0 Å². The number of sulfonamides is 1. The predicted octanol–water partition coefficient (Wildman–Crippen LogP) is 2.83. The molecule has 1 heterocycles. The molecule has 5 nitrogen and oxygen atoms in total. The van der Waals surface area contributed by atoms with E-state index < -0.39 is 10.0 Å². The van der Waals surface area contributed by atoms with E-state index in [1.54, 1.807) is 37.3 Å². The van der Waals surface area contributed by atoms with Crippen LogP contribution in [0.5, 0.6) is 0 Å². The Balaban J connectivity index is 2.21. The zero-order valence-electron chi connectivity index (χ0n) is 11.9. The van der Waals surface area contributed by atoms with Gasteiger partial charge in [-0.25, -0.2) is 8.42 Å². The fourth-order valence-corrected chi connectivity index (χ4v) is 2.55. The topological polar surface area (TPSA) is 76.4 Å². The first-order valence-corrected chi connectivity index (χ1v) is 8.33. The normalized spacial score (nSPS) is 11.3. The van der Waals surface area contributed by atoms with E-state index in [0.29, 0.717) is 29.0 Å². The third-order valence-electron chi connectivity index (χ3n) is 3.11. The average Bonchev–Trinajstić information content (AvgIpc) is 2.95. The van der Waals surface area contributed by atoms with E-state index in [0.717, 1.165) is 0 Å². The van der Waals surface area contributed by atoms with E-state index >= 15 is 0 Å². The van der Waals surface area contributed by atoms with E-state index in [1.807, 2.05) is 6.92 Å². The maximum absolute atomic E-state index is 12.3. The standard InChI is InChI=1S/C15H17NO4S/c1-3-14-13(9-10-20-14)15(17)11-5-7-12(8-6-11)16-21(18,19)4-2/h5-10,16H,3-4H2,1-2H3. The Labute approximate surface area is 124 Å². The summed E-state index contributed by atoms with van der Waals surface area (Å²) in [6, 6.07) is 8.00. The summed E-state index contributed by atoms with van der Waals surface area (Å²) in [6.45, 7) is 3.48. The minimum Gasteiger partial charge on any atom is -0.469 e. The van der Waals surface area contributed by atoms with Crippen LogP contribution in [0.2, 0.25) is 0 Å². The molecule has 0 aliphatic heterocycles. The Bertz CT molecular complexity index is 729. The zero-order valence-corrected chi connectivity index (χ0v) is 12.7. The second kappa shape index (κ2) is 6.13. The van der Waals surface area contributed by atoms with E-state index in [2.05, 4.69) is 4.72 Å². The molecule has 0 amide bonds. The molecule has 0 atom stereocenters. The van der Waals surface area contributed by atoms with Crippen LogP contribution >= 0.6 is 0 Å². The molecule has 0 unspecified atom stereocenters. The molecule has 0 aliphatic rings. The summed E-state index contributed by atoms with van der Waals surface area (Å²) in [5.74, 6) is 0.518. The molecule has 2 rings (SSSR count). The van der Waals surface area contributed by atoms with Gasteiger partial charge in [0, 0.05) is 17.7 Å². The molecule has 1 aromatic carbocycles. The Morgan fingerprint density at radius 2 is 1.81 bits per heavy atom. The number of rotatable bonds is 6. The molecule has 0 aliphatic carbocycles. The molecule has 112 valence electrons. The molecule has 0 radical (unpaired) electrons. The third-order valence-corrected chi connectivity index (χ3v) is 4.42. The van der Waals surface area contributed by atoms with Crippen molar-refractivity contribution in [3.8, 4) is 0 Å². The summed E-state index contributed by atoms with van der Waals surface area (Å²) >= 11 is 0. The summed E-state index contributed by atoms with van der Waals surface area (Å²) in [6.07, 6.45) is 2.14. The Morgan fingerprint density at radius 3 is 2.38 bits per heavy atom. The largest absolute Gasteiger partial charge is 0.469 e. The summed E-state index contributed by atoms with van der Waals surface area (Å²) in [5.41, 5.74) is 1.47. The van der Waals surface area contributed by atoms with Crippen molar-refractivity contribution in [2.24, 2.45) is 0 Å². The second-order valence-electron chi connectivity index (χ2n) is 4.52. The first-order valence-electron chi connectivity index (χ1n) is 6.68. The van der Waals surface area contributed by atoms with Crippen LogP contribution in [-0.4, -0.2) is 20.0 Å². The molecular formula is C15H17NO4S. The highest BCUT2D eigenvalue weighted by Crippen LogP contribution is 2.18. The lowest BCUT2D eigenvalue weighted by atomic mass is 10.0. The van der Waals surface area contributed by atoms with Gasteiger partial charge in [-0.2, -0.15) is 0 Å². The SMILES string of the molecule is CCc1occc1C(=O)c1ccc(NS(=O)(=O)CC)cc1. The van der Waals surface area contributed by atoms with E-state index in [4.69, 9.17) is 4.42 Å². The lowest BCUT2D eigenvalue weighted by Crippen LogP contribution is -2.14. The third kappa shape index (κ3) is 3.52. The first kappa shape index (κ1) is 15.3. The number of benzene rings is 1. The van der Waals surface area contributed by atoms with Crippen LogP contribution in [0.1, 0.15) is 35.5 Å². The van der Waals surface area contributed by atoms with E-state index in [9.17, 15) is 13.2 Å². The fraction of sp³-hybridized carbons (Fsp3) is 0.267. The summed E-state index contributed by atoms with van der Waals surface area (Å²) < 4.78 is 30.6. The van der Waals surface area contributed by atoms with Crippen molar-refractivity contribution in [3.63, 3.8) is 0 Å². The smallest absolute Gasteiger partial charge is 0.232 e. The number of nitrogens with one attached hydrogen (secondary N) is 1. The van der Waals surface area contributed by atoms with Gasteiger partial charge in [-0.3, -0.25) is 9.52 Å². The highest BCUT2D eigenvalue weighted by molar-refractivity contribution is 7.92. The molecular weight excluding hydrogens is 290 g/mol. The zero-order chi connectivity index (χ0) is 15.5. The molecule has 0 spiro atoms. The average molecular weight is 307 g/mol. The maximum atomic E-state index is 12.3. The van der Waals surface area contributed by atoms with Crippen LogP contribution in [0.25, 0.3) is 0 Å². The van der Waals surface area contributed by atoms with Crippen LogP contribution in [0, 0.1) is 0 Å². The molecule has 2 aromatic rings. The van der Waals surface area contributed by atoms with E-state index in [1.165, 1.54) is 6.26 Å². The quantitative estimate of drug-likeness (QED) is 0.833. The second-order valence-corrected chi connectivity index (χ2v) is 6.53. The highest BCUT2D eigenvalue weighted by atomic mass is 32.2. The van der Waals surface area contributed by atoms with E-state index in [-0.39, 0.29) is 11.5 Å². The van der Waals surface area contributed by atoms with Gasteiger partial charge in [-0.15, -0.1) is 0 Å². The van der Waals surface area contributed by atoms with Crippen molar-refractivity contribution >= 4 is 21.5 Å². The number of carbonyl (C=O) groups excluding carboxylic acids is 1. The molecule has 0 saturated carbocycles. The number of hydrogen-bond donors (Lipinski definition) is 1. The number of furan rings is 1. The Hall–Kier alpha value is -2.08. The van der Waals surface area contributed by atoms with Crippen LogP contribution in [-0.2, 0) is 16.4 Å². The Morgan fingerprint density at radius 1 is 1.14 bits per heavy atom. The van der Waals surface area contributed by atoms with Crippen molar-refractivity contribution in [3.05, 3.63) is 53.5 Å². The van der Waals surface area contributed by atoms with Gasteiger partial charge in [0.1, 0.15) is 5.76 Å². The highest BCUT2D eigenvalue weighted by Gasteiger charge is 2.15. The van der Waals surface area contributed by atoms with Gasteiger partial charge >= 0.3 is 0 Å². The van der Waals surface area contributed by atoms with Crippen molar-refractivity contribution in [1.82, 2.24) is 0 Å².